The fourth-order valence-electron chi connectivity index (χ4n) is 1.56. The lowest BCUT2D eigenvalue weighted by Crippen LogP contribution is -1.99. The fraction of sp³-hybridized carbons (Fsp3) is 0.333. The van der Waals surface area contributed by atoms with Gasteiger partial charge in [0.2, 0.25) is 0 Å². The Bertz CT molecular complexity index is 481. The van der Waals surface area contributed by atoms with E-state index in [2.05, 4.69) is 0 Å². The van der Waals surface area contributed by atoms with Crippen LogP contribution in [0.1, 0.15) is 17.2 Å². The minimum atomic E-state index is -0.641. The predicted molar refractivity (Wildman–Crippen MR) is 53.2 cm³/mol. The summed E-state index contributed by atoms with van der Waals surface area (Å²) in [7, 11) is 0. The van der Waals surface area contributed by atoms with E-state index in [0.717, 1.165) is 6.07 Å². The second-order valence-corrected chi connectivity index (χ2v) is 3.52. The van der Waals surface area contributed by atoms with Gasteiger partial charge in [-0.2, -0.15) is 0 Å². The zero-order valence-electron chi connectivity index (χ0n) is 8.37. The van der Waals surface area contributed by atoms with Gasteiger partial charge in [0, 0.05) is 11.6 Å². The third-order valence-corrected chi connectivity index (χ3v) is 2.49. The van der Waals surface area contributed by atoms with Gasteiger partial charge in [0.15, 0.2) is 0 Å². The maximum Gasteiger partial charge on any atom is 0.279 e. The Kier molecular flexibility index (Phi) is 2.31. The first-order valence-electron chi connectivity index (χ1n) is 4.55. The minimum Gasteiger partial charge on any atom is -0.368 e. The molecule has 1 atom stereocenters. The summed E-state index contributed by atoms with van der Waals surface area (Å²) in [5, 5.41) is 21.4. The van der Waals surface area contributed by atoms with E-state index >= 15 is 0 Å². The van der Waals surface area contributed by atoms with E-state index in [4.69, 9.17) is 4.74 Å². The Hall–Kier alpha value is -2.02. The van der Waals surface area contributed by atoms with E-state index in [9.17, 15) is 20.2 Å². The molecule has 0 bridgehead atoms. The first kappa shape index (κ1) is 10.5. The van der Waals surface area contributed by atoms with Gasteiger partial charge in [-0.15, -0.1) is 0 Å². The van der Waals surface area contributed by atoms with Gasteiger partial charge < -0.3 is 4.74 Å². The van der Waals surface area contributed by atoms with Crippen molar-refractivity contribution in [3.63, 3.8) is 0 Å². The highest BCUT2D eigenvalue weighted by Crippen LogP contribution is 2.38. The molecule has 1 heterocycles. The summed E-state index contributed by atoms with van der Waals surface area (Å²) < 4.78 is 5.00. The number of ether oxygens (including phenoxy) is 1. The number of non-ortho nitro benzene ring substituents is 1. The highest BCUT2D eigenvalue weighted by atomic mass is 16.6. The molecule has 1 fully saturated rings. The molecule has 1 aliphatic rings. The molecule has 1 aromatic carbocycles. The van der Waals surface area contributed by atoms with Crippen molar-refractivity contribution in [3.8, 4) is 0 Å². The SMILES string of the molecule is Cc1c([C@@H]2CO2)cc([N+](=O)[O-])cc1[N+](=O)[O-]. The first-order valence-corrected chi connectivity index (χ1v) is 4.55. The van der Waals surface area contributed by atoms with Gasteiger partial charge in [0.1, 0.15) is 6.10 Å². The van der Waals surface area contributed by atoms with Crippen LogP contribution in [0.2, 0.25) is 0 Å². The molecule has 0 amide bonds. The summed E-state index contributed by atoms with van der Waals surface area (Å²) in [6.07, 6.45) is -0.237. The van der Waals surface area contributed by atoms with Crippen molar-refractivity contribution < 1.29 is 14.6 Å². The quantitative estimate of drug-likeness (QED) is 0.443. The number of hydrogen-bond donors (Lipinski definition) is 0. The van der Waals surface area contributed by atoms with E-state index in [0.29, 0.717) is 17.7 Å². The van der Waals surface area contributed by atoms with Crippen molar-refractivity contribution in [2.24, 2.45) is 0 Å². The summed E-state index contributed by atoms with van der Waals surface area (Å²) in [6.45, 7) is 2.03. The molecule has 84 valence electrons. The number of epoxide rings is 1. The highest BCUT2D eigenvalue weighted by molar-refractivity contribution is 5.54. The number of rotatable bonds is 3. The normalized spacial score (nSPS) is 18.2. The largest absolute Gasteiger partial charge is 0.368 e. The van der Waals surface area contributed by atoms with Crippen molar-refractivity contribution in [2.45, 2.75) is 13.0 Å². The van der Waals surface area contributed by atoms with E-state index < -0.39 is 9.85 Å². The maximum atomic E-state index is 10.7. The Morgan fingerprint density at radius 2 is 1.94 bits per heavy atom. The van der Waals surface area contributed by atoms with E-state index in [1.165, 1.54) is 6.07 Å². The van der Waals surface area contributed by atoms with Crippen LogP contribution in [-0.4, -0.2) is 16.5 Å². The van der Waals surface area contributed by atoms with Gasteiger partial charge in [0.25, 0.3) is 11.4 Å². The molecule has 0 unspecified atom stereocenters. The maximum absolute atomic E-state index is 10.7. The second-order valence-electron chi connectivity index (χ2n) is 3.52. The number of benzene rings is 1. The summed E-state index contributed by atoms with van der Waals surface area (Å²) >= 11 is 0. The monoisotopic (exact) mass is 224 g/mol. The molecule has 0 spiro atoms. The Morgan fingerprint density at radius 1 is 1.31 bits per heavy atom. The Labute approximate surface area is 89.9 Å². The van der Waals surface area contributed by atoms with E-state index in [-0.39, 0.29) is 17.5 Å². The standard InChI is InChI=1S/C9H8N2O5/c1-5-7(9-4-16-9)2-6(10(12)13)3-8(5)11(14)15/h2-3,9H,4H2,1H3/t9-/m0/s1. The molecule has 7 heteroatoms. The van der Waals surface area contributed by atoms with Gasteiger partial charge >= 0.3 is 0 Å². The predicted octanol–water partition coefficient (Wildman–Crippen LogP) is 1.88. The van der Waals surface area contributed by atoms with Crippen molar-refractivity contribution in [2.75, 3.05) is 6.61 Å². The third-order valence-electron chi connectivity index (χ3n) is 2.49. The Morgan fingerprint density at radius 3 is 2.38 bits per heavy atom. The van der Waals surface area contributed by atoms with Crippen LogP contribution in [-0.2, 0) is 4.74 Å². The van der Waals surface area contributed by atoms with E-state index in [1.54, 1.807) is 6.92 Å². The van der Waals surface area contributed by atoms with E-state index in [1.807, 2.05) is 0 Å². The van der Waals surface area contributed by atoms with Crippen LogP contribution in [0.5, 0.6) is 0 Å². The van der Waals surface area contributed by atoms with Crippen LogP contribution >= 0.6 is 0 Å². The topological polar surface area (TPSA) is 98.8 Å². The molecule has 2 rings (SSSR count). The molecule has 0 saturated carbocycles. The van der Waals surface area contributed by atoms with Crippen LogP contribution < -0.4 is 0 Å². The summed E-state index contributed by atoms with van der Waals surface area (Å²) in [5.74, 6) is 0. The summed E-state index contributed by atoms with van der Waals surface area (Å²) in [6, 6.07) is 2.31. The van der Waals surface area contributed by atoms with Gasteiger partial charge in [-0.25, -0.2) is 0 Å². The minimum absolute atomic E-state index is 0.236. The molecule has 0 aliphatic carbocycles. The van der Waals surface area contributed by atoms with Crippen molar-refractivity contribution >= 4 is 11.4 Å². The molecular weight excluding hydrogens is 216 g/mol. The van der Waals surface area contributed by atoms with Crippen LogP contribution in [0.25, 0.3) is 0 Å². The molecule has 16 heavy (non-hydrogen) atoms. The van der Waals surface area contributed by atoms with Gasteiger partial charge in [0.05, 0.1) is 22.5 Å². The lowest BCUT2D eigenvalue weighted by Gasteiger charge is -2.03. The first-order chi connectivity index (χ1) is 7.50. The number of nitro groups is 2. The fourth-order valence-corrected chi connectivity index (χ4v) is 1.56. The van der Waals surface area contributed by atoms with Crippen molar-refractivity contribution in [3.05, 3.63) is 43.5 Å². The number of nitro benzene ring substituents is 2. The van der Waals surface area contributed by atoms with Gasteiger partial charge in [-0.3, -0.25) is 20.2 Å². The van der Waals surface area contributed by atoms with Gasteiger partial charge in [-0.05, 0) is 12.5 Å². The Balaban J connectivity index is 2.60. The van der Waals surface area contributed by atoms with Crippen LogP contribution in [0.3, 0.4) is 0 Å². The lowest BCUT2D eigenvalue weighted by molar-refractivity contribution is -0.394. The highest BCUT2D eigenvalue weighted by Gasteiger charge is 2.32. The molecule has 1 saturated heterocycles. The zero-order chi connectivity index (χ0) is 11.9. The molecule has 7 nitrogen and oxygen atoms in total. The van der Waals surface area contributed by atoms with Crippen LogP contribution in [0.4, 0.5) is 11.4 Å². The number of hydrogen-bond acceptors (Lipinski definition) is 5. The summed E-state index contributed by atoms with van der Waals surface area (Å²) in [4.78, 5) is 20.1. The molecule has 1 aromatic rings. The molecule has 0 N–H and O–H groups in total. The second kappa shape index (κ2) is 3.53. The van der Waals surface area contributed by atoms with Crippen LogP contribution in [0, 0.1) is 27.2 Å². The van der Waals surface area contributed by atoms with Crippen LogP contribution in [0.15, 0.2) is 12.1 Å². The van der Waals surface area contributed by atoms with Crippen molar-refractivity contribution in [1.82, 2.24) is 0 Å². The molecule has 1 aliphatic heterocycles. The molecular formula is C9H8N2O5. The smallest absolute Gasteiger partial charge is 0.279 e. The average molecular weight is 224 g/mol. The lowest BCUT2D eigenvalue weighted by atomic mass is 10.0. The summed E-state index contributed by atoms with van der Waals surface area (Å²) in [5.41, 5.74) is 0.446. The molecule has 0 aromatic heterocycles. The van der Waals surface area contributed by atoms with Gasteiger partial charge in [-0.1, -0.05) is 0 Å². The zero-order valence-corrected chi connectivity index (χ0v) is 8.37. The third kappa shape index (κ3) is 1.72. The average Bonchev–Trinajstić information content (AvgIpc) is 3.00. The number of nitrogens with zero attached hydrogens (tertiary/aromatic N) is 2. The van der Waals surface area contributed by atoms with Crippen molar-refractivity contribution in [1.29, 1.82) is 0 Å². The molecule has 0 radical (unpaired) electrons.